The lowest BCUT2D eigenvalue weighted by Crippen LogP contribution is -2.14. The van der Waals surface area contributed by atoms with E-state index in [4.69, 9.17) is 16.3 Å². The SMILES string of the molecule is Cc1ccc(S(=O)(=O)CCOC(=O)Sc2nncn2-c2ccc(Cl)cc2)cc1. The molecular formula is C18H16ClN3O4S2. The van der Waals surface area contributed by atoms with Crippen LogP contribution in [0.4, 0.5) is 4.79 Å². The van der Waals surface area contributed by atoms with E-state index in [0.29, 0.717) is 10.2 Å². The molecule has 28 heavy (non-hydrogen) atoms. The lowest BCUT2D eigenvalue weighted by atomic mass is 10.2. The quantitative estimate of drug-likeness (QED) is 0.426. The van der Waals surface area contributed by atoms with Crippen molar-refractivity contribution < 1.29 is 17.9 Å². The molecule has 7 nitrogen and oxygen atoms in total. The van der Waals surface area contributed by atoms with E-state index in [-0.39, 0.29) is 17.3 Å². The van der Waals surface area contributed by atoms with Crippen LogP contribution in [0.15, 0.2) is 64.9 Å². The van der Waals surface area contributed by atoms with E-state index in [9.17, 15) is 13.2 Å². The summed E-state index contributed by atoms with van der Waals surface area (Å²) in [7, 11) is -3.52. The normalized spacial score (nSPS) is 11.4. The number of benzene rings is 2. The van der Waals surface area contributed by atoms with Gasteiger partial charge >= 0.3 is 5.30 Å². The van der Waals surface area contributed by atoms with Crippen LogP contribution in [-0.4, -0.2) is 40.8 Å². The van der Waals surface area contributed by atoms with Crippen LogP contribution in [0.1, 0.15) is 5.56 Å². The Balaban J connectivity index is 1.57. The maximum absolute atomic E-state index is 12.3. The van der Waals surface area contributed by atoms with Crippen molar-refractivity contribution in [1.82, 2.24) is 14.8 Å². The Labute approximate surface area is 171 Å². The summed E-state index contributed by atoms with van der Waals surface area (Å²) in [5.41, 5.74) is 1.69. The number of carbonyl (C=O) groups is 1. The van der Waals surface area contributed by atoms with Gasteiger partial charge in [-0.3, -0.25) is 4.57 Å². The van der Waals surface area contributed by atoms with Crippen LogP contribution in [0.3, 0.4) is 0 Å². The van der Waals surface area contributed by atoms with E-state index in [1.54, 1.807) is 41.0 Å². The second-order valence-corrected chi connectivity index (χ2v) is 9.24. The van der Waals surface area contributed by atoms with Crippen LogP contribution >= 0.6 is 23.4 Å². The molecule has 0 bridgehead atoms. The largest absolute Gasteiger partial charge is 0.456 e. The van der Waals surface area contributed by atoms with Crippen LogP contribution in [-0.2, 0) is 14.6 Å². The minimum Gasteiger partial charge on any atom is -0.456 e. The molecule has 0 aliphatic rings. The van der Waals surface area contributed by atoms with Crippen LogP contribution in [0.2, 0.25) is 5.02 Å². The molecule has 3 rings (SSSR count). The van der Waals surface area contributed by atoms with E-state index in [1.165, 1.54) is 18.5 Å². The first-order chi connectivity index (χ1) is 13.3. The predicted octanol–water partition coefficient (Wildman–Crippen LogP) is 3.93. The Kier molecular flexibility index (Phi) is 6.38. The molecule has 0 aliphatic heterocycles. The number of thioether (sulfide) groups is 1. The summed E-state index contributed by atoms with van der Waals surface area (Å²) in [6, 6.07) is 13.5. The van der Waals surface area contributed by atoms with E-state index < -0.39 is 15.1 Å². The highest BCUT2D eigenvalue weighted by atomic mass is 35.5. The molecule has 3 aromatic rings. The second kappa shape index (κ2) is 8.76. The Morgan fingerprint density at radius 3 is 2.50 bits per heavy atom. The molecule has 0 fully saturated rings. The number of hydrogen-bond acceptors (Lipinski definition) is 7. The van der Waals surface area contributed by atoms with Crippen molar-refractivity contribution in [2.24, 2.45) is 0 Å². The maximum atomic E-state index is 12.3. The molecule has 10 heteroatoms. The summed E-state index contributed by atoms with van der Waals surface area (Å²) in [5.74, 6) is -0.299. The van der Waals surface area contributed by atoms with Crippen molar-refractivity contribution in [3.8, 4) is 5.69 Å². The number of halogens is 1. The van der Waals surface area contributed by atoms with E-state index in [2.05, 4.69) is 10.2 Å². The lowest BCUT2D eigenvalue weighted by molar-refractivity contribution is 0.182. The number of aromatic nitrogens is 3. The highest BCUT2D eigenvalue weighted by Crippen LogP contribution is 2.22. The molecule has 0 amide bonds. The van der Waals surface area contributed by atoms with E-state index in [1.807, 2.05) is 6.92 Å². The number of nitrogens with zero attached hydrogens (tertiary/aromatic N) is 3. The van der Waals surface area contributed by atoms with Gasteiger partial charge in [-0.2, -0.15) is 0 Å². The number of carbonyl (C=O) groups excluding carboxylic acids is 1. The predicted molar refractivity (Wildman–Crippen MR) is 107 cm³/mol. The average molecular weight is 438 g/mol. The first-order valence-corrected chi connectivity index (χ1v) is 11.0. The summed E-state index contributed by atoms with van der Waals surface area (Å²) in [5, 5.41) is 7.91. The molecule has 0 unspecified atom stereocenters. The zero-order valence-electron chi connectivity index (χ0n) is 14.8. The zero-order valence-corrected chi connectivity index (χ0v) is 17.2. The molecule has 0 saturated carbocycles. The third-order valence-electron chi connectivity index (χ3n) is 3.75. The smallest absolute Gasteiger partial charge is 0.375 e. The third-order valence-corrected chi connectivity index (χ3v) is 6.44. The van der Waals surface area contributed by atoms with Gasteiger partial charge in [0.15, 0.2) is 9.84 Å². The molecule has 1 aromatic heterocycles. The lowest BCUT2D eigenvalue weighted by Gasteiger charge is -2.07. The average Bonchev–Trinajstić information content (AvgIpc) is 3.10. The molecule has 0 spiro atoms. The number of hydrogen-bond donors (Lipinski definition) is 0. The minimum absolute atomic E-state index is 0.198. The van der Waals surface area contributed by atoms with E-state index >= 15 is 0 Å². The summed E-state index contributed by atoms with van der Waals surface area (Å²) < 4.78 is 31.2. The topological polar surface area (TPSA) is 91.2 Å². The minimum atomic E-state index is -3.52. The Morgan fingerprint density at radius 1 is 1.14 bits per heavy atom. The summed E-state index contributed by atoms with van der Waals surface area (Å²) in [6.07, 6.45) is 1.46. The standard InChI is InChI=1S/C18H16ClN3O4S2/c1-13-2-8-16(9-3-13)28(24,25)11-10-26-18(23)27-17-21-20-12-22(17)15-6-4-14(19)5-7-15/h2-9,12H,10-11H2,1H3. The van der Waals surface area contributed by atoms with Crippen molar-refractivity contribution in [2.45, 2.75) is 17.0 Å². The summed E-state index contributed by atoms with van der Waals surface area (Å²) in [4.78, 5) is 12.3. The molecule has 0 aliphatic carbocycles. The molecule has 146 valence electrons. The van der Waals surface area contributed by atoms with Crippen molar-refractivity contribution in [2.75, 3.05) is 12.4 Å². The van der Waals surface area contributed by atoms with Crippen molar-refractivity contribution in [3.63, 3.8) is 0 Å². The van der Waals surface area contributed by atoms with Crippen molar-refractivity contribution in [1.29, 1.82) is 0 Å². The van der Waals surface area contributed by atoms with E-state index in [0.717, 1.165) is 23.0 Å². The molecule has 0 radical (unpaired) electrons. The van der Waals surface area contributed by atoms with Crippen molar-refractivity contribution in [3.05, 3.63) is 65.4 Å². The zero-order chi connectivity index (χ0) is 20.1. The van der Waals surface area contributed by atoms with Crippen molar-refractivity contribution >= 4 is 38.5 Å². The Morgan fingerprint density at radius 2 is 1.82 bits per heavy atom. The van der Waals surface area contributed by atoms with Gasteiger partial charge in [-0.25, -0.2) is 13.2 Å². The van der Waals surface area contributed by atoms with Gasteiger partial charge in [-0.1, -0.05) is 29.3 Å². The highest BCUT2D eigenvalue weighted by molar-refractivity contribution is 8.13. The van der Waals surface area contributed by atoms with Gasteiger partial charge in [0, 0.05) is 22.5 Å². The molecule has 0 atom stereocenters. The van der Waals surface area contributed by atoms with Gasteiger partial charge < -0.3 is 4.74 Å². The fourth-order valence-electron chi connectivity index (χ4n) is 2.27. The summed E-state index contributed by atoms with van der Waals surface area (Å²) >= 11 is 6.60. The fraction of sp³-hybridized carbons (Fsp3) is 0.167. The van der Waals surface area contributed by atoms with Gasteiger partial charge in [0.2, 0.25) is 5.16 Å². The molecular weight excluding hydrogens is 422 g/mol. The highest BCUT2D eigenvalue weighted by Gasteiger charge is 2.17. The monoisotopic (exact) mass is 437 g/mol. The number of rotatable bonds is 6. The van der Waals surface area contributed by atoms with Gasteiger partial charge in [0.05, 0.1) is 10.6 Å². The molecule has 0 saturated heterocycles. The van der Waals surface area contributed by atoms with Gasteiger partial charge in [0.25, 0.3) is 0 Å². The Hall–Kier alpha value is -2.36. The van der Waals surface area contributed by atoms with Crippen LogP contribution in [0, 0.1) is 6.92 Å². The van der Waals surface area contributed by atoms with Gasteiger partial charge in [-0.15, -0.1) is 10.2 Å². The van der Waals surface area contributed by atoms with Crippen LogP contribution in [0.25, 0.3) is 5.69 Å². The van der Waals surface area contributed by atoms with Gasteiger partial charge in [-0.05, 0) is 43.3 Å². The molecule has 0 N–H and O–H groups in total. The first kappa shape index (κ1) is 20.4. The number of ether oxygens (including phenoxy) is 1. The second-order valence-electron chi connectivity index (χ2n) is 5.79. The third kappa shape index (κ3) is 5.12. The van der Waals surface area contributed by atoms with Crippen LogP contribution < -0.4 is 0 Å². The number of aryl methyl sites for hydroxylation is 1. The fourth-order valence-corrected chi connectivity index (χ4v) is 4.12. The van der Waals surface area contributed by atoms with Gasteiger partial charge in [0.1, 0.15) is 12.9 Å². The maximum Gasteiger partial charge on any atom is 0.375 e. The molecule has 2 aromatic carbocycles. The number of sulfone groups is 1. The Bertz CT molecular complexity index is 1060. The first-order valence-electron chi connectivity index (χ1n) is 8.15. The van der Waals surface area contributed by atoms with Crippen LogP contribution in [0.5, 0.6) is 0 Å². The molecule has 1 heterocycles. The summed E-state index contributed by atoms with van der Waals surface area (Å²) in [6.45, 7) is 1.62.